The van der Waals surface area contributed by atoms with Gasteiger partial charge in [0.15, 0.2) is 0 Å². The van der Waals surface area contributed by atoms with Gasteiger partial charge in [0.05, 0.1) is 0 Å². The number of thiophene rings is 6. The second kappa shape index (κ2) is 13.6. The van der Waals surface area contributed by atoms with Crippen molar-refractivity contribution in [3.63, 3.8) is 0 Å². The molecular formula is C34H36S6. The standard InChI is InChI=1S/C34H36S6/c1-3-5-7-9-11-23-13-15-25(35-23)27-17-19-29(37-27)31-21-33-34(39-31)22-32(40-33)30-20-18-28(38-30)26-16-14-24(36-26)12-10-8-6-4-2/h13-22H,3-12H2,1-2H3. The Balaban J connectivity index is 1.11. The lowest BCUT2D eigenvalue weighted by molar-refractivity contribution is 0.670. The third-order valence-corrected chi connectivity index (χ3v) is 14.8. The van der Waals surface area contributed by atoms with Gasteiger partial charge < -0.3 is 0 Å². The van der Waals surface area contributed by atoms with Gasteiger partial charge in [0, 0.05) is 58.2 Å². The van der Waals surface area contributed by atoms with Crippen LogP contribution in [0.15, 0.2) is 60.7 Å². The molecule has 0 fully saturated rings. The molecule has 6 aromatic heterocycles. The summed E-state index contributed by atoms with van der Waals surface area (Å²) >= 11 is 11.7. The normalized spacial score (nSPS) is 11.8. The van der Waals surface area contributed by atoms with E-state index in [1.54, 1.807) is 0 Å². The number of aryl methyl sites for hydroxylation is 2. The summed E-state index contributed by atoms with van der Waals surface area (Å²) in [5, 5.41) is 0. The SMILES string of the molecule is CCCCCCc1ccc(-c2ccc(-c3cc4sc(-c5ccc(-c6ccc(CCCCCC)s6)s5)cc4s3)s2)s1. The summed E-state index contributed by atoms with van der Waals surface area (Å²) in [6.07, 6.45) is 13.1. The highest BCUT2D eigenvalue weighted by Crippen LogP contribution is 2.47. The summed E-state index contributed by atoms with van der Waals surface area (Å²) in [7, 11) is 0. The maximum atomic E-state index is 2.41. The van der Waals surface area contributed by atoms with E-state index >= 15 is 0 Å². The molecule has 0 radical (unpaired) electrons. The Morgan fingerprint density at radius 3 is 1.18 bits per heavy atom. The van der Waals surface area contributed by atoms with Crippen LogP contribution >= 0.6 is 68.0 Å². The summed E-state index contributed by atoms with van der Waals surface area (Å²) in [6, 6.07) is 23.4. The van der Waals surface area contributed by atoms with Crippen molar-refractivity contribution in [1.29, 1.82) is 0 Å². The van der Waals surface area contributed by atoms with Crippen LogP contribution in [0.5, 0.6) is 0 Å². The van der Waals surface area contributed by atoms with E-state index in [-0.39, 0.29) is 0 Å². The van der Waals surface area contributed by atoms with Gasteiger partial charge in [-0.3, -0.25) is 0 Å². The van der Waals surface area contributed by atoms with Crippen LogP contribution in [0.4, 0.5) is 0 Å². The Labute approximate surface area is 263 Å². The van der Waals surface area contributed by atoms with Crippen LogP contribution in [0.2, 0.25) is 0 Å². The van der Waals surface area contributed by atoms with Crippen molar-refractivity contribution < 1.29 is 0 Å². The number of rotatable bonds is 14. The van der Waals surface area contributed by atoms with Gasteiger partial charge in [-0.2, -0.15) is 0 Å². The van der Waals surface area contributed by atoms with Crippen molar-refractivity contribution >= 4 is 77.4 Å². The molecule has 0 aromatic carbocycles. The Kier molecular flexibility index (Phi) is 9.73. The lowest BCUT2D eigenvalue weighted by Gasteiger charge is -1.96. The largest absolute Gasteiger partial charge is 0.139 e. The fourth-order valence-corrected chi connectivity index (χ4v) is 11.9. The second-order valence-corrected chi connectivity index (χ2v) is 17.1. The fraction of sp³-hybridized carbons (Fsp3) is 0.353. The highest BCUT2D eigenvalue weighted by molar-refractivity contribution is 7.34. The average molecular weight is 637 g/mol. The van der Waals surface area contributed by atoms with Crippen LogP contribution in [0.1, 0.15) is 75.0 Å². The van der Waals surface area contributed by atoms with Crippen molar-refractivity contribution in [3.05, 3.63) is 70.4 Å². The molecule has 0 amide bonds. The summed E-state index contributed by atoms with van der Waals surface area (Å²) in [4.78, 5) is 14.3. The first kappa shape index (κ1) is 28.6. The van der Waals surface area contributed by atoms with Gasteiger partial charge in [-0.25, -0.2) is 0 Å². The Morgan fingerprint density at radius 2 is 0.750 bits per heavy atom. The first-order valence-corrected chi connectivity index (χ1v) is 19.5. The Morgan fingerprint density at radius 1 is 0.375 bits per heavy atom. The van der Waals surface area contributed by atoms with E-state index in [9.17, 15) is 0 Å². The van der Waals surface area contributed by atoms with Crippen molar-refractivity contribution in [3.8, 4) is 39.0 Å². The molecule has 0 spiro atoms. The van der Waals surface area contributed by atoms with Crippen molar-refractivity contribution in [2.24, 2.45) is 0 Å². The van der Waals surface area contributed by atoms with Crippen molar-refractivity contribution in [2.45, 2.75) is 78.1 Å². The molecule has 0 saturated heterocycles. The molecule has 0 bridgehead atoms. The van der Waals surface area contributed by atoms with Gasteiger partial charge in [-0.15, -0.1) is 68.0 Å². The minimum Gasteiger partial charge on any atom is -0.139 e. The molecular weight excluding hydrogens is 601 g/mol. The Hall–Kier alpha value is -1.54. The minimum atomic E-state index is 1.23. The highest BCUT2D eigenvalue weighted by Gasteiger charge is 2.15. The third kappa shape index (κ3) is 6.74. The van der Waals surface area contributed by atoms with Crippen molar-refractivity contribution in [1.82, 2.24) is 0 Å². The van der Waals surface area contributed by atoms with E-state index in [0.29, 0.717) is 0 Å². The first-order chi connectivity index (χ1) is 19.7. The molecule has 0 atom stereocenters. The maximum absolute atomic E-state index is 2.41. The number of hydrogen-bond acceptors (Lipinski definition) is 6. The second-order valence-electron chi connectivity index (χ2n) is 10.4. The molecule has 0 unspecified atom stereocenters. The van der Waals surface area contributed by atoms with E-state index < -0.39 is 0 Å². The van der Waals surface area contributed by atoms with Crippen LogP contribution in [-0.4, -0.2) is 0 Å². The minimum absolute atomic E-state index is 1.23. The molecule has 6 rings (SSSR count). The van der Waals surface area contributed by atoms with Gasteiger partial charge in [0.2, 0.25) is 0 Å². The number of fused-ring (bicyclic) bond motifs is 1. The molecule has 0 N–H and O–H groups in total. The van der Waals surface area contributed by atoms with Crippen LogP contribution in [0.3, 0.4) is 0 Å². The van der Waals surface area contributed by atoms with Crippen LogP contribution in [0.25, 0.3) is 48.4 Å². The van der Waals surface area contributed by atoms with E-state index in [2.05, 4.69) is 74.5 Å². The van der Waals surface area contributed by atoms with Crippen LogP contribution in [0, 0.1) is 0 Å². The summed E-state index contributed by atoms with van der Waals surface area (Å²) in [5.74, 6) is 0. The molecule has 0 saturated carbocycles. The van der Waals surface area contributed by atoms with E-state index in [0.717, 1.165) is 0 Å². The molecule has 40 heavy (non-hydrogen) atoms. The predicted octanol–water partition coefficient (Wildman–Crippen LogP) is 14.1. The average Bonchev–Trinajstić information content (AvgIpc) is 3.79. The van der Waals surface area contributed by atoms with Crippen LogP contribution in [-0.2, 0) is 12.8 Å². The maximum Gasteiger partial charge on any atom is 0.0464 e. The fourth-order valence-electron chi connectivity index (χ4n) is 5.03. The van der Waals surface area contributed by atoms with E-state index in [1.165, 1.54) is 122 Å². The van der Waals surface area contributed by atoms with Gasteiger partial charge >= 0.3 is 0 Å². The van der Waals surface area contributed by atoms with Gasteiger partial charge in [-0.1, -0.05) is 52.4 Å². The molecule has 6 heterocycles. The summed E-state index contributed by atoms with van der Waals surface area (Å²) < 4.78 is 2.83. The molecule has 0 aliphatic carbocycles. The quantitative estimate of drug-likeness (QED) is 0.104. The lowest BCUT2D eigenvalue weighted by atomic mass is 10.1. The zero-order valence-corrected chi connectivity index (χ0v) is 28.2. The highest BCUT2D eigenvalue weighted by atomic mass is 32.1. The van der Waals surface area contributed by atoms with E-state index in [1.807, 2.05) is 68.0 Å². The third-order valence-electron chi connectivity index (χ3n) is 7.27. The summed E-state index contributed by atoms with van der Waals surface area (Å²) in [5.41, 5.74) is 0. The zero-order valence-electron chi connectivity index (χ0n) is 23.3. The molecule has 0 aliphatic heterocycles. The van der Waals surface area contributed by atoms with Gasteiger partial charge in [0.25, 0.3) is 0 Å². The smallest absolute Gasteiger partial charge is 0.0464 e. The molecule has 208 valence electrons. The first-order valence-electron chi connectivity index (χ1n) is 14.6. The topological polar surface area (TPSA) is 0 Å². The summed E-state index contributed by atoms with van der Waals surface area (Å²) in [6.45, 7) is 4.56. The lowest BCUT2D eigenvalue weighted by Crippen LogP contribution is -1.80. The monoisotopic (exact) mass is 636 g/mol. The van der Waals surface area contributed by atoms with E-state index in [4.69, 9.17) is 0 Å². The van der Waals surface area contributed by atoms with Gasteiger partial charge in [0.1, 0.15) is 0 Å². The molecule has 0 nitrogen and oxygen atoms in total. The van der Waals surface area contributed by atoms with Crippen LogP contribution < -0.4 is 0 Å². The Bertz CT molecular complexity index is 1490. The number of unbranched alkanes of at least 4 members (excludes halogenated alkanes) is 6. The predicted molar refractivity (Wildman–Crippen MR) is 189 cm³/mol. The van der Waals surface area contributed by atoms with Gasteiger partial charge in [-0.05, 0) is 86.3 Å². The molecule has 6 aromatic rings. The van der Waals surface area contributed by atoms with Crippen molar-refractivity contribution in [2.75, 3.05) is 0 Å². The molecule has 0 aliphatic rings. The molecule has 6 heteroatoms. The number of hydrogen-bond donors (Lipinski definition) is 0. The zero-order chi connectivity index (χ0) is 27.3.